The highest BCUT2D eigenvalue weighted by Crippen LogP contribution is 2.41. The van der Waals surface area contributed by atoms with E-state index in [1.54, 1.807) is 5.57 Å². The van der Waals surface area contributed by atoms with Crippen LogP contribution in [-0.2, 0) is 4.74 Å². The summed E-state index contributed by atoms with van der Waals surface area (Å²) in [5.41, 5.74) is 4.30. The van der Waals surface area contributed by atoms with Gasteiger partial charge in [-0.1, -0.05) is 39.0 Å². The number of ether oxygens (including phenoxy) is 1. The van der Waals surface area contributed by atoms with Crippen molar-refractivity contribution >= 4 is 11.3 Å². The molecule has 23 heavy (non-hydrogen) atoms. The van der Waals surface area contributed by atoms with E-state index in [1.807, 2.05) is 13.8 Å². The second kappa shape index (κ2) is 7.50. The summed E-state index contributed by atoms with van der Waals surface area (Å²) >= 11 is 0. The fourth-order valence-electron chi connectivity index (χ4n) is 4.07. The van der Waals surface area contributed by atoms with Gasteiger partial charge in [0, 0.05) is 31.4 Å². The normalized spacial score (nSPS) is 26.7. The van der Waals surface area contributed by atoms with Gasteiger partial charge >= 0.3 is 0 Å². The van der Waals surface area contributed by atoms with E-state index in [1.165, 1.54) is 30.8 Å². The number of benzene rings is 1. The van der Waals surface area contributed by atoms with Crippen molar-refractivity contribution in [2.24, 2.45) is 5.92 Å². The first-order chi connectivity index (χ1) is 11.3. The van der Waals surface area contributed by atoms with Gasteiger partial charge in [0.15, 0.2) is 0 Å². The minimum Gasteiger partial charge on any atom is -0.378 e. The van der Waals surface area contributed by atoms with E-state index in [4.69, 9.17) is 4.74 Å². The Balaban J connectivity index is 0.000000753. The summed E-state index contributed by atoms with van der Waals surface area (Å²) in [7, 11) is 0. The van der Waals surface area contributed by atoms with Crippen molar-refractivity contribution < 1.29 is 4.74 Å². The number of morpholine rings is 1. The molecule has 1 aliphatic carbocycles. The lowest BCUT2D eigenvalue weighted by Gasteiger charge is -2.30. The Bertz CT molecular complexity index is 531. The second-order valence-electron chi connectivity index (χ2n) is 6.37. The lowest BCUT2D eigenvalue weighted by Crippen LogP contribution is -2.36. The smallest absolute Gasteiger partial charge is 0.0642 e. The lowest BCUT2D eigenvalue weighted by molar-refractivity contribution is 0.122. The fourth-order valence-corrected chi connectivity index (χ4v) is 4.07. The monoisotopic (exact) mass is 314 g/mol. The van der Waals surface area contributed by atoms with Crippen LogP contribution in [0.25, 0.3) is 5.57 Å². The molecule has 0 N–H and O–H groups in total. The van der Waals surface area contributed by atoms with Crippen LogP contribution in [0.15, 0.2) is 30.3 Å². The van der Waals surface area contributed by atoms with Gasteiger partial charge in [-0.25, -0.2) is 0 Å². The molecule has 3 nitrogen and oxygen atoms in total. The maximum Gasteiger partial charge on any atom is 0.0642 e. The van der Waals surface area contributed by atoms with Gasteiger partial charge in [-0.3, -0.25) is 4.90 Å². The summed E-state index contributed by atoms with van der Waals surface area (Å²) in [5, 5.41) is 0. The molecule has 2 bridgehead atoms. The van der Waals surface area contributed by atoms with Gasteiger partial charge in [0.2, 0.25) is 0 Å². The number of hydrogen-bond acceptors (Lipinski definition) is 3. The molecule has 2 fully saturated rings. The summed E-state index contributed by atoms with van der Waals surface area (Å²) in [6, 6.07) is 9.85. The van der Waals surface area contributed by atoms with E-state index in [0.29, 0.717) is 6.04 Å². The van der Waals surface area contributed by atoms with Gasteiger partial charge in [-0.15, -0.1) is 0 Å². The molecule has 2 unspecified atom stereocenters. The van der Waals surface area contributed by atoms with Crippen LogP contribution in [0.5, 0.6) is 0 Å². The molecule has 2 atom stereocenters. The van der Waals surface area contributed by atoms with Crippen molar-refractivity contribution in [1.82, 2.24) is 4.90 Å². The Morgan fingerprint density at radius 3 is 2.39 bits per heavy atom. The van der Waals surface area contributed by atoms with Crippen LogP contribution < -0.4 is 4.90 Å². The summed E-state index contributed by atoms with van der Waals surface area (Å²) in [5.74, 6) is 0.781. The standard InChI is InChI=1S/C18H24N2O.C2H6/c1-2-19-13-14-11-17(18(19)12-14)15-3-5-16(6-4-15)20-7-9-21-10-8-20;1-2/h3-6,11,14,18H,2,7-10,12-13H2,1H3;1-2H3. The number of likely N-dealkylation sites (tertiary alicyclic amines) is 1. The van der Waals surface area contributed by atoms with Crippen LogP contribution >= 0.6 is 0 Å². The zero-order valence-corrected chi connectivity index (χ0v) is 14.8. The number of fused-ring (bicyclic) bond motifs is 2. The van der Waals surface area contributed by atoms with Crippen molar-refractivity contribution in [2.45, 2.75) is 33.2 Å². The maximum absolute atomic E-state index is 5.43. The lowest BCUT2D eigenvalue weighted by atomic mass is 9.99. The van der Waals surface area contributed by atoms with Crippen LogP contribution in [0.2, 0.25) is 0 Å². The third-order valence-corrected chi connectivity index (χ3v) is 5.19. The van der Waals surface area contributed by atoms with Crippen LogP contribution in [0.4, 0.5) is 5.69 Å². The molecule has 126 valence electrons. The minimum atomic E-state index is 0.661. The highest BCUT2D eigenvalue weighted by atomic mass is 16.5. The van der Waals surface area contributed by atoms with Crippen molar-refractivity contribution in [1.29, 1.82) is 0 Å². The molecule has 2 heterocycles. The molecule has 0 amide bonds. The Morgan fingerprint density at radius 2 is 1.78 bits per heavy atom. The third-order valence-electron chi connectivity index (χ3n) is 5.19. The number of nitrogens with zero attached hydrogens (tertiary/aromatic N) is 2. The van der Waals surface area contributed by atoms with Crippen molar-refractivity contribution in [3.63, 3.8) is 0 Å². The van der Waals surface area contributed by atoms with Crippen LogP contribution in [0.3, 0.4) is 0 Å². The first kappa shape index (κ1) is 16.5. The quantitative estimate of drug-likeness (QED) is 0.847. The van der Waals surface area contributed by atoms with Crippen molar-refractivity contribution in [2.75, 3.05) is 44.3 Å². The molecule has 0 saturated carbocycles. The van der Waals surface area contributed by atoms with E-state index >= 15 is 0 Å². The third kappa shape index (κ3) is 3.31. The summed E-state index contributed by atoms with van der Waals surface area (Å²) in [6.45, 7) is 12.4. The number of hydrogen-bond donors (Lipinski definition) is 0. The first-order valence-electron chi connectivity index (χ1n) is 9.24. The van der Waals surface area contributed by atoms with E-state index < -0.39 is 0 Å². The molecule has 0 spiro atoms. The van der Waals surface area contributed by atoms with E-state index in [9.17, 15) is 0 Å². The topological polar surface area (TPSA) is 15.7 Å². The van der Waals surface area contributed by atoms with E-state index in [-0.39, 0.29) is 0 Å². The molecule has 3 aliphatic rings. The Labute approximate surface area is 140 Å². The average Bonchev–Trinajstić information content (AvgIpc) is 3.25. The number of likely N-dealkylation sites (N-methyl/N-ethyl adjacent to an activating group) is 1. The molecular formula is C20H30N2O. The first-order valence-corrected chi connectivity index (χ1v) is 9.24. The molecule has 2 saturated heterocycles. The fraction of sp³-hybridized carbons (Fsp3) is 0.600. The van der Waals surface area contributed by atoms with Crippen LogP contribution in [0, 0.1) is 5.92 Å². The SMILES string of the molecule is CC.CCN1CC2C=C(c3ccc(N4CCOCC4)cc3)C1C2. The predicted octanol–water partition coefficient (Wildman–Crippen LogP) is 3.66. The van der Waals surface area contributed by atoms with Gasteiger partial charge in [-0.2, -0.15) is 0 Å². The van der Waals surface area contributed by atoms with Gasteiger partial charge in [0.25, 0.3) is 0 Å². The summed E-state index contributed by atoms with van der Waals surface area (Å²) in [4.78, 5) is 5.04. The maximum atomic E-state index is 5.43. The number of rotatable bonds is 3. The Kier molecular flexibility index (Phi) is 5.39. The van der Waals surface area contributed by atoms with Crippen LogP contribution in [-0.4, -0.2) is 50.3 Å². The molecule has 3 heteroatoms. The highest BCUT2D eigenvalue weighted by molar-refractivity contribution is 5.74. The van der Waals surface area contributed by atoms with Crippen molar-refractivity contribution in [3.8, 4) is 0 Å². The molecule has 0 aromatic heterocycles. The average molecular weight is 314 g/mol. The molecule has 4 rings (SSSR count). The second-order valence-corrected chi connectivity index (χ2v) is 6.37. The zero-order chi connectivity index (χ0) is 16.2. The van der Waals surface area contributed by atoms with Gasteiger partial charge in [0.05, 0.1) is 13.2 Å². The Hall–Kier alpha value is -1.32. The number of anilines is 1. The van der Waals surface area contributed by atoms with Crippen LogP contribution in [0.1, 0.15) is 32.8 Å². The van der Waals surface area contributed by atoms with Crippen molar-refractivity contribution in [3.05, 3.63) is 35.9 Å². The van der Waals surface area contributed by atoms with Gasteiger partial charge in [0.1, 0.15) is 0 Å². The molecule has 2 aliphatic heterocycles. The molecule has 1 aromatic carbocycles. The zero-order valence-electron chi connectivity index (χ0n) is 14.8. The Morgan fingerprint density at radius 1 is 1.09 bits per heavy atom. The minimum absolute atomic E-state index is 0.661. The highest BCUT2D eigenvalue weighted by Gasteiger charge is 2.38. The molecular weight excluding hydrogens is 284 g/mol. The van der Waals surface area contributed by atoms with E-state index in [0.717, 1.165) is 32.2 Å². The van der Waals surface area contributed by atoms with Gasteiger partial charge < -0.3 is 9.64 Å². The van der Waals surface area contributed by atoms with E-state index in [2.05, 4.69) is 47.1 Å². The largest absolute Gasteiger partial charge is 0.378 e. The predicted molar refractivity (Wildman–Crippen MR) is 97.9 cm³/mol. The summed E-state index contributed by atoms with van der Waals surface area (Å²) < 4.78 is 5.43. The molecule has 0 radical (unpaired) electrons. The summed E-state index contributed by atoms with van der Waals surface area (Å²) in [6.07, 6.45) is 3.84. The van der Waals surface area contributed by atoms with Gasteiger partial charge in [-0.05, 0) is 42.2 Å². The molecule has 1 aromatic rings.